The first-order valence-electron chi connectivity index (χ1n) is 7.53. The van der Waals surface area contributed by atoms with Gasteiger partial charge in [-0.2, -0.15) is 11.8 Å². The lowest BCUT2D eigenvalue weighted by Crippen LogP contribution is -2.40. The van der Waals surface area contributed by atoms with Gasteiger partial charge in [0.25, 0.3) is 15.9 Å². The highest BCUT2D eigenvalue weighted by Crippen LogP contribution is 2.29. The van der Waals surface area contributed by atoms with Gasteiger partial charge >= 0.3 is 0 Å². The van der Waals surface area contributed by atoms with Gasteiger partial charge in [-0.3, -0.25) is 9.59 Å². The molecule has 2 heterocycles. The number of thioether (sulfide) groups is 1. The van der Waals surface area contributed by atoms with Gasteiger partial charge in [0.2, 0.25) is 5.91 Å². The summed E-state index contributed by atoms with van der Waals surface area (Å²) in [6.45, 7) is -0.0741. The molecule has 1 aliphatic heterocycles. The highest BCUT2D eigenvalue weighted by molar-refractivity contribution is 7.98. The maximum Gasteiger partial charge on any atom is 0.269 e. The van der Waals surface area contributed by atoms with Gasteiger partial charge in [0.05, 0.1) is 5.56 Å². The van der Waals surface area contributed by atoms with Gasteiger partial charge in [-0.1, -0.05) is 18.2 Å². The molecule has 0 saturated carbocycles. The van der Waals surface area contributed by atoms with Gasteiger partial charge in [-0.05, 0) is 23.6 Å². The first kappa shape index (κ1) is 18.0. The van der Waals surface area contributed by atoms with Gasteiger partial charge in [0.15, 0.2) is 0 Å². The molecule has 3 rings (SSSR count). The third kappa shape index (κ3) is 3.88. The molecule has 0 atom stereocenters. The molecule has 6 nitrogen and oxygen atoms in total. The molecule has 0 radical (unpaired) electrons. The average molecular weight is 397 g/mol. The summed E-state index contributed by atoms with van der Waals surface area (Å²) in [6.07, 6.45) is 0. The fraction of sp³-hybridized carbons (Fsp3) is 0.250. The third-order valence-corrected chi connectivity index (χ3v) is 7.45. The number of hydrogen-bond donors (Lipinski definition) is 1. The lowest BCUT2D eigenvalue weighted by Gasteiger charge is -2.14. The number of amides is 2. The Morgan fingerprint density at radius 1 is 1.20 bits per heavy atom. The number of hydrogen-bond acceptors (Lipinski definition) is 6. The first-order chi connectivity index (χ1) is 12.0. The number of rotatable bonds is 7. The zero-order chi connectivity index (χ0) is 17.9. The molecule has 132 valence electrons. The van der Waals surface area contributed by atoms with Crippen molar-refractivity contribution in [2.45, 2.75) is 10.6 Å². The second-order valence-corrected chi connectivity index (χ2v) is 9.26. The molecule has 1 aromatic carbocycles. The van der Waals surface area contributed by atoms with Crippen LogP contribution in [0.2, 0.25) is 0 Å². The van der Waals surface area contributed by atoms with E-state index in [1.165, 1.54) is 17.0 Å². The monoisotopic (exact) mass is 396 g/mol. The summed E-state index contributed by atoms with van der Waals surface area (Å²) in [5.41, 5.74) is 0.113. The van der Waals surface area contributed by atoms with Gasteiger partial charge in [-0.25, -0.2) is 12.7 Å². The predicted molar refractivity (Wildman–Crippen MR) is 98.2 cm³/mol. The lowest BCUT2D eigenvalue weighted by atomic mass is 10.2. The molecular formula is C16H16N2O4S3. The van der Waals surface area contributed by atoms with E-state index in [-0.39, 0.29) is 10.5 Å². The second-order valence-electron chi connectivity index (χ2n) is 5.29. The van der Waals surface area contributed by atoms with Crippen molar-refractivity contribution in [3.8, 4) is 0 Å². The Morgan fingerprint density at radius 3 is 2.72 bits per heavy atom. The van der Waals surface area contributed by atoms with Crippen LogP contribution >= 0.6 is 23.1 Å². The van der Waals surface area contributed by atoms with Crippen LogP contribution in [0, 0.1) is 0 Å². The van der Waals surface area contributed by atoms with Crippen LogP contribution in [0.4, 0.5) is 0 Å². The van der Waals surface area contributed by atoms with E-state index in [1.54, 1.807) is 35.2 Å². The Labute approximate surface area is 154 Å². The molecule has 2 amide bonds. The van der Waals surface area contributed by atoms with Crippen LogP contribution < -0.4 is 5.32 Å². The Kier molecular flexibility index (Phi) is 5.45. The van der Waals surface area contributed by atoms with Gasteiger partial charge in [-0.15, -0.1) is 11.3 Å². The Hall–Kier alpha value is -1.84. The van der Waals surface area contributed by atoms with E-state index in [2.05, 4.69) is 11.4 Å². The number of nitrogens with zero attached hydrogens (tertiary/aromatic N) is 1. The van der Waals surface area contributed by atoms with Crippen LogP contribution in [-0.4, -0.2) is 43.4 Å². The van der Waals surface area contributed by atoms with E-state index >= 15 is 0 Å². The maximum absolute atomic E-state index is 12.4. The lowest BCUT2D eigenvalue weighted by molar-refractivity contribution is -0.120. The first-order valence-corrected chi connectivity index (χ1v) is 11.0. The minimum atomic E-state index is -3.94. The van der Waals surface area contributed by atoms with E-state index in [9.17, 15) is 18.0 Å². The summed E-state index contributed by atoms with van der Waals surface area (Å²) in [7, 11) is -3.94. The van der Waals surface area contributed by atoms with Crippen molar-refractivity contribution >= 4 is 44.9 Å². The van der Waals surface area contributed by atoms with Crippen molar-refractivity contribution < 1.29 is 18.0 Å². The molecule has 0 aliphatic carbocycles. The fourth-order valence-corrected chi connectivity index (χ4v) is 5.63. The standard InChI is InChI=1S/C16H16N2O4S3/c19-15(17-7-9-23-11-12-4-3-8-24-12)10-18-16(20)13-5-1-2-6-14(13)25(18,21)22/h1-6,8H,7,9-11H2,(H,17,19). The molecule has 0 fully saturated rings. The molecule has 25 heavy (non-hydrogen) atoms. The Balaban J connectivity index is 1.49. The number of nitrogens with one attached hydrogen (secondary N) is 1. The van der Waals surface area contributed by atoms with Crippen molar-refractivity contribution in [3.05, 3.63) is 52.2 Å². The van der Waals surface area contributed by atoms with Crippen LogP contribution in [0.3, 0.4) is 0 Å². The van der Waals surface area contributed by atoms with Crippen LogP contribution in [0.5, 0.6) is 0 Å². The molecule has 1 aliphatic rings. The quantitative estimate of drug-likeness (QED) is 0.723. The summed E-state index contributed by atoms with van der Waals surface area (Å²) < 4.78 is 25.4. The molecule has 0 spiro atoms. The summed E-state index contributed by atoms with van der Waals surface area (Å²) in [4.78, 5) is 25.4. The van der Waals surface area contributed by atoms with E-state index in [1.807, 2.05) is 11.4 Å². The van der Waals surface area contributed by atoms with E-state index in [0.717, 1.165) is 5.75 Å². The fourth-order valence-electron chi connectivity index (χ4n) is 2.40. The Bertz CT molecular complexity index is 879. The predicted octanol–water partition coefficient (Wildman–Crippen LogP) is 1.94. The second kappa shape index (κ2) is 7.59. The molecule has 1 aromatic heterocycles. The van der Waals surface area contributed by atoms with Gasteiger partial charge < -0.3 is 5.32 Å². The van der Waals surface area contributed by atoms with Crippen LogP contribution in [0.1, 0.15) is 15.2 Å². The van der Waals surface area contributed by atoms with Crippen molar-refractivity contribution in [2.24, 2.45) is 0 Å². The number of fused-ring (bicyclic) bond motifs is 1. The number of carbonyl (C=O) groups is 2. The number of sulfonamides is 1. The number of thiophene rings is 1. The van der Waals surface area contributed by atoms with Crippen molar-refractivity contribution in [1.29, 1.82) is 0 Å². The number of carbonyl (C=O) groups excluding carboxylic acids is 2. The molecule has 0 saturated heterocycles. The summed E-state index contributed by atoms with van der Waals surface area (Å²) in [5, 5.41) is 4.68. The zero-order valence-corrected chi connectivity index (χ0v) is 15.6. The normalized spacial score (nSPS) is 15.2. The van der Waals surface area contributed by atoms with Gasteiger partial charge in [0.1, 0.15) is 11.4 Å². The maximum atomic E-state index is 12.4. The third-order valence-electron chi connectivity index (χ3n) is 3.59. The van der Waals surface area contributed by atoms with Crippen molar-refractivity contribution in [1.82, 2.24) is 9.62 Å². The SMILES string of the molecule is O=C(CN1C(=O)c2ccccc2S1(=O)=O)NCCSCc1cccs1. The minimum Gasteiger partial charge on any atom is -0.354 e. The highest BCUT2D eigenvalue weighted by atomic mass is 32.2. The minimum absolute atomic E-state index is 0.0423. The summed E-state index contributed by atoms with van der Waals surface area (Å²) in [5.74, 6) is 0.450. The van der Waals surface area contributed by atoms with Crippen LogP contribution in [0.25, 0.3) is 0 Å². The Morgan fingerprint density at radius 2 is 2.00 bits per heavy atom. The molecule has 9 heteroatoms. The smallest absolute Gasteiger partial charge is 0.269 e. The molecular weight excluding hydrogens is 380 g/mol. The van der Waals surface area contributed by atoms with Crippen molar-refractivity contribution in [2.75, 3.05) is 18.8 Å². The van der Waals surface area contributed by atoms with E-state index < -0.39 is 28.4 Å². The highest BCUT2D eigenvalue weighted by Gasteiger charge is 2.41. The van der Waals surface area contributed by atoms with E-state index in [0.29, 0.717) is 16.6 Å². The number of benzene rings is 1. The molecule has 0 unspecified atom stereocenters. The summed E-state index contributed by atoms with van der Waals surface area (Å²) in [6, 6.07) is 10.0. The molecule has 2 aromatic rings. The van der Waals surface area contributed by atoms with Crippen molar-refractivity contribution in [3.63, 3.8) is 0 Å². The summed E-state index contributed by atoms with van der Waals surface area (Å²) >= 11 is 3.37. The van der Waals surface area contributed by atoms with E-state index in [4.69, 9.17) is 0 Å². The van der Waals surface area contributed by atoms with Gasteiger partial charge in [0, 0.05) is 22.9 Å². The average Bonchev–Trinajstić information content (AvgIpc) is 3.17. The topological polar surface area (TPSA) is 83.6 Å². The van der Waals surface area contributed by atoms with Crippen LogP contribution in [0.15, 0.2) is 46.7 Å². The molecule has 0 bridgehead atoms. The zero-order valence-electron chi connectivity index (χ0n) is 13.2. The largest absolute Gasteiger partial charge is 0.354 e. The molecule has 1 N–H and O–H groups in total. The van der Waals surface area contributed by atoms with Crippen LogP contribution in [-0.2, 0) is 20.6 Å².